The number of halogens is 1. The number of rotatable bonds is 8. The summed E-state index contributed by atoms with van der Waals surface area (Å²) in [4.78, 5) is 12.9. The van der Waals surface area contributed by atoms with E-state index in [1.54, 1.807) is 22.9 Å². The Bertz CT molecular complexity index is 1470. The zero-order valence-corrected chi connectivity index (χ0v) is 20.3. The van der Waals surface area contributed by atoms with Crippen molar-refractivity contribution in [3.8, 4) is 11.4 Å². The predicted molar refractivity (Wildman–Crippen MR) is 138 cm³/mol. The normalized spacial score (nSPS) is 10.9. The van der Waals surface area contributed by atoms with Crippen molar-refractivity contribution in [2.75, 3.05) is 11.1 Å². The van der Waals surface area contributed by atoms with E-state index in [2.05, 4.69) is 32.7 Å². The summed E-state index contributed by atoms with van der Waals surface area (Å²) in [7, 11) is 0. The van der Waals surface area contributed by atoms with Crippen molar-refractivity contribution in [2.45, 2.75) is 18.5 Å². The second-order valence-corrected chi connectivity index (χ2v) is 9.07. The zero-order chi connectivity index (χ0) is 24.9. The lowest BCUT2D eigenvalue weighted by Gasteiger charge is -2.11. The number of carbonyl (C=O) groups is 1. The number of nitrogens with zero attached hydrogens (tertiary/aromatic N) is 5. The molecule has 1 amide bonds. The lowest BCUT2D eigenvalue weighted by molar-refractivity contribution is -0.113. The molecule has 7 nitrogen and oxygen atoms in total. The van der Waals surface area contributed by atoms with Crippen molar-refractivity contribution >= 4 is 23.5 Å². The van der Waals surface area contributed by atoms with Crippen molar-refractivity contribution in [2.24, 2.45) is 0 Å². The van der Waals surface area contributed by atoms with Crippen molar-refractivity contribution in [3.63, 3.8) is 0 Å². The lowest BCUT2D eigenvalue weighted by atomic mass is 10.1. The first-order valence-corrected chi connectivity index (χ1v) is 12.3. The minimum Gasteiger partial charge on any atom is -0.310 e. The number of anilines is 1. The third kappa shape index (κ3) is 5.36. The Morgan fingerprint density at radius 2 is 1.61 bits per heavy atom. The van der Waals surface area contributed by atoms with Crippen LogP contribution in [0.2, 0.25) is 0 Å². The van der Waals surface area contributed by atoms with E-state index in [-0.39, 0.29) is 17.5 Å². The second-order valence-electron chi connectivity index (χ2n) is 8.13. The van der Waals surface area contributed by atoms with Gasteiger partial charge in [-0.3, -0.25) is 9.36 Å². The average Bonchev–Trinajstić information content (AvgIpc) is 3.47. The molecule has 180 valence electrons. The number of para-hydroxylation sites is 1. The van der Waals surface area contributed by atoms with Crippen LogP contribution in [0.1, 0.15) is 17.1 Å². The molecule has 9 heteroatoms. The maximum Gasteiger partial charge on any atom is 0.236 e. The number of amides is 1. The highest BCUT2D eigenvalue weighted by Gasteiger charge is 2.17. The van der Waals surface area contributed by atoms with Gasteiger partial charge in [-0.15, -0.1) is 10.2 Å². The maximum atomic E-state index is 13.3. The van der Waals surface area contributed by atoms with E-state index in [9.17, 15) is 9.18 Å². The minimum atomic E-state index is -0.334. The molecule has 2 heterocycles. The standard InChI is InChI=1S/C27H23FN6OS/c1-19-16-24(34(32-19)23-14-12-21(28)13-15-23)29-26(35)18-36-27-31-30-25(17-20-8-4-2-5-9-20)33(27)22-10-6-3-7-11-22/h2-16H,17-18H2,1H3,(H,29,35). The predicted octanol–water partition coefficient (Wildman–Crippen LogP) is 5.22. The Morgan fingerprint density at radius 1 is 0.917 bits per heavy atom. The van der Waals surface area contributed by atoms with Crippen LogP contribution in [-0.4, -0.2) is 36.2 Å². The summed E-state index contributed by atoms with van der Waals surface area (Å²) in [5, 5.41) is 16.8. The van der Waals surface area contributed by atoms with E-state index in [1.807, 2.05) is 60.0 Å². The van der Waals surface area contributed by atoms with Crippen LogP contribution in [0.4, 0.5) is 10.2 Å². The Morgan fingerprint density at radius 3 is 2.33 bits per heavy atom. The third-order valence-corrected chi connectivity index (χ3v) is 6.35. The highest BCUT2D eigenvalue weighted by Crippen LogP contribution is 2.24. The number of carbonyl (C=O) groups excluding carboxylic acids is 1. The van der Waals surface area contributed by atoms with Gasteiger partial charge >= 0.3 is 0 Å². The van der Waals surface area contributed by atoms with Crippen molar-refractivity contribution in [1.29, 1.82) is 0 Å². The number of aromatic nitrogens is 5. The molecular weight excluding hydrogens is 475 g/mol. The monoisotopic (exact) mass is 498 g/mol. The first kappa shape index (κ1) is 23.5. The molecule has 36 heavy (non-hydrogen) atoms. The van der Waals surface area contributed by atoms with Crippen LogP contribution in [0.15, 0.2) is 96.2 Å². The van der Waals surface area contributed by atoms with Gasteiger partial charge in [-0.2, -0.15) is 5.10 Å². The van der Waals surface area contributed by atoms with Crippen LogP contribution >= 0.6 is 11.8 Å². The molecule has 0 saturated carbocycles. The molecule has 5 rings (SSSR count). The highest BCUT2D eigenvalue weighted by molar-refractivity contribution is 7.99. The molecule has 0 radical (unpaired) electrons. The van der Waals surface area contributed by atoms with Gasteiger partial charge in [-0.25, -0.2) is 9.07 Å². The Kier molecular flexibility index (Phi) is 6.90. The fourth-order valence-electron chi connectivity index (χ4n) is 3.80. The van der Waals surface area contributed by atoms with Gasteiger partial charge in [0.1, 0.15) is 17.5 Å². The van der Waals surface area contributed by atoms with Crippen LogP contribution in [0, 0.1) is 12.7 Å². The quantitative estimate of drug-likeness (QED) is 0.297. The summed E-state index contributed by atoms with van der Waals surface area (Å²) >= 11 is 1.31. The molecule has 0 aliphatic rings. The van der Waals surface area contributed by atoms with Crippen molar-refractivity contribution in [3.05, 3.63) is 114 Å². The summed E-state index contributed by atoms with van der Waals surface area (Å²) in [6.45, 7) is 1.83. The fraction of sp³-hybridized carbons (Fsp3) is 0.111. The molecule has 0 saturated heterocycles. The Balaban J connectivity index is 1.34. The summed E-state index contributed by atoms with van der Waals surface area (Å²) in [5.74, 6) is 0.887. The number of thioether (sulfide) groups is 1. The molecule has 0 aliphatic heterocycles. The van der Waals surface area contributed by atoms with Gasteiger partial charge in [-0.1, -0.05) is 60.3 Å². The summed E-state index contributed by atoms with van der Waals surface area (Å²) in [6.07, 6.45) is 0.617. The van der Waals surface area contributed by atoms with Crippen molar-refractivity contribution in [1.82, 2.24) is 24.5 Å². The van der Waals surface area contributed by atoms with Crippen LogP contribution in [-0.2, 0) is 11.2 Å². The van der Waals surface area contributed by atoms with E-state index in [4.69, 9.17) is 0 Å². The van der Waals surface area contributed by atoms with Crippen LogP contribution < -0.4 is 5.32 Å². The number of hydrogen-bond donors (Lipinski definition) is 1. The maximum absolute atomic E-state index is 13.3. The summed E-state index contributed by atoms with van der Waals surface area (Å²) < 4.78 is 16.9. The molecule has 0 fully saturated rings. The van der Waals surface area contributed by atoms with E-state index in [0.717, 1.165) is 22.8 Å². The minimum absolute atomic E-state index is 0.129. The third-order valence-electron chi connectivity index (χ3n) is 5.42. The largest absolute Gasteiger partial charge is 0.310 e. The van der Waals surface area contributed by atoms with Gasteiger partial charge in [-0.05, 0) is 48.9 Å². The van der Waals surface area contributed by atoms with Crippen LogP contribution in [0.25, 0.3) is 11.4 Å². The molecule has 0 aliphatic carbocycles. The molecule has 0 unspecified atom stereocenters. The number of hydrogen-bond acceptors (Lipinski definition) is 5. The molecular formula is C27H23FN6OS. The van der Waals surface area contributed by atoms with Crippen LogP contribution in [0.3, 0.4) is 0 Å². The second kappa shape index (κ2) is 10.6. The summed E-state index contributed by atoms with van der Waals surface area (Å²) in [6, 6.07) is 27.7. The van der Waals surface area contributed by atoms with E-state index < -0.39 is 0 Å². The Hall–Kier alpha value is -4.24. The summed E-state index contributed by atoms with van der Waals surface area (Å²) in [5.41, 5.74) is 3.45. The molecule has 5 aromatic rings. The van der Waals surface area contributed by atoms with Gasteiger partial charge in [0.2, 0.25) is 5.91 Å². The molecule has 0 atom stereocenters. The van der Waals surface area contributed by atoms with E-state index in [1.165, 1.54) is 23.9 Å². The fourth-order valence-corrected chi connectivity index (χ4v) is 4.57. The SMILES string of the molecule is Cc1cc(NC(=O)CSc2nnc(Cc3ccccc3)n2-c2ccccc2)n(-c2ccc(F)cc2)n1. The topological polar surface area (TPSA) is 77.6 Å². The van der Waals surface area contributed by atoms with Crippen LogP contribution in [0.5, 0.6) is 0 Å². The van der Waals surface area contributed by atoms with E-state index in [0.29, 0.717) is 23.1 Å². The molecule has 1 N–H and O–H groups in total. The lowest BCUT2D eigenvalue weighted by Crippen LogP contribution is -2.17. The first-order valence-electron chi connectivity index (χ1n) is 11.4. The number of aryl methyl sites for hydroxylation is 1. The van der Waals surface area contributed by atoms with Gasteiger partial charge in [0.25, 0.3) is 0 Å². The van der Waals surface area contributed by atoms with Gasteiger partial charge < -0.3 is 5.32 Å². The van der Waals surface area contributed by atoms with Gasteiger partial charge in [0.05, 0.1) is 17.1 Å². The van der Waals surface area contributed by atoms with E-state index >= 15 is 0 Å². The molecule has 2 aromatic heterocycles. The number of nitrogens with one attached hydrogen (secondary N) is 1. The average molecular weight is 499 g/mol. The first-order chi connectivity index (χ1) is 17.6. The van der Waals surface area contributed by atoms with Crippen molar-refractivity contribution < 1.29 is 9.18 Å². The molecule has 0 bridgehead atoms. The zero-order valence-electron chi connectivity index (χ0n) is 19.5. The van der Waals surface area contributed by atoms with Gasteiger partial charge in [0, 0.05) is 18.2 Å². The smallest absolute Gasteiger partial charge is 0.236 e. The molecule has 0 spiro atoms. The highest BCUT2D eigenvalue weighted by atomic mass is 32.2. The van der Waals surface area contributed by atoms with Gasteiger partial charge in [0.15, 0.2) is 5.16 Å². The number of benzene rings is 3. The molecule has 3 aromatic carbocycles. The Labute approximate surface area is 212 Å².